The average Bonchev–Trinajstić information content (AvgIpc) is 3.67. The van der Waals surface area contributed by atoms with E-state index in [1.54, 1.807) is 0 Å². The third kappa shape index (κ3) is 5.09. The molecule has 9 heteroatoms. The van der Waals surface area contributed by atoms with Gasteiger partial charge in [0.25, 0.3) is 0 Å². The second-order valence-corrected chi connectivity index (χ2v) is 9.47. The Kier molecular flexibility index (Phi) is 6.23. The summed E-state index contributed by atoms with van der Waals surface area (Å²) in [5.74, 6) is 1.42. The lowest BCUT2D eigenvalue weighted by molar-refractivity contribution is 0.322. The van der Waals surface area contributed by atoms with Gasteiger partial charge >= 0.3 is 0 Å². The van der Waals surface area contributed by atoms with Crippen LogP contribution in [-0.4, -0.2) is 67.6 Å². The van der Waals surface area contributed by atoms with Crippen LogP contribution in [0.25, 0.3) is 22.2 Å². The number of aryl methyl sites for hydroxylation is 1. The molecule has 0 aliphatic carbocycles. The first-order valence-electron chi connectivity index (χ1n) is 12.7. The summed E-state index contributed by atoms with van der Waals surface area (Å²) >= 11 is 0. The molecule has 1 N–H and O–H groups in total. The molecule has 2 aliphatic heterocycles. The minimum atomic E-state index is 0.695. The van der Waals surface area contributed by atoms with Crippen molar-refractivity contribution in [1.82, 2.24) is 34.8 Å². The van der Waals surface area contributed by atoms with E-state index in [9.17, 15) is 0 Å². The Labute approximate surface area is 205 Å². The van der Waals surface area contributed by atoms with Gasteiger partial charge in [0.15, 0.2) is 5.82 Å². The van der Waals surface area contributed by atoms with Crippen molar-refractivity contribution in [2.45, 2.75) is 38.6 Å². The van der Waals surface area contributed by atoms with E-state index in [1.807, 2.05) is 41.5 Å². The van der Waals surface area contributed by atoms with E-state index in [0.29, 0.717) is 5.82 Å². The average molecular weight is 470 g/mol. The van der Waals surface area contributed by atoms with Crippen LogP contribution in [0.3, 0.4) is 0 Å². The summed E-state index contributed by atoms with van der Waals surface area (Å²) in [6, 6.07) is 8.02. The Morgan fingerprint density at radius 2 is 1.66 bits per heavy atom. The van der Waals surface area contributed by atoms with Gasteiger partial charge in [0.2, 0.25) is 0 Å². The van der Waals surface area contributed by atoms with Gasteiger partial charge in [0.05, 0.1) is 29.1 Å². The third-order valence-corrected chi connectivity index (χ3v) is 6.93. The minimum Gasteiger partial charge on any atom is -0.370 e. The van der Waals surface area contributed by atoms with Crippen molar-refractivity contribution in [2.24, 2.45) is 0 Å². The number of nitrogens with one attached hydrogen (secondary N) is 1. The molecule has 2 saturated heterocycles. The maximum Gasteiger partial charge on any atom is 0.156 e. The van der Waals surface area contributed by atoms with Crippen LogP contribution in [0.15, 0.2) is 49.1 Å². The topological polar surface area (TPSA) is 87.9 Å². The molecule has 4 aromatic rings. The fourth-order valence-electron chi connectivity index (χ4n) is 5.03. The second kappa shape index (κ2) is 9.95. The van der Waals surface area contributed by atoms with E-state index in [4.69, 9.17) is 4.98 Å². The lowest BCUT2D eigenvalue weighted by Crippen LogP contribution is -2.21. The number of hydrogen-bond donors (Lipinski definition) is 1. The molecule has 0 unspecified atom stereocenters. The Morgan fingerprint density at radius 1 is 0.800 bits per heavy atom. The van der Waals surface area contributed by atoms with Crippen LogP contribution >= 0.6 is 0 Å². The summed E-state index contributed by atoms with van der Waals surface area (Å²) in [7, 11) is 0. The minimum absolute atomic E-state index is 0.695. The number of anilines is 3. The monoisotopic (exact) mass is 469 g/mol. The first kappa shape index (κ1) is 21.9. The van der Waals surface area contributed by atoms with Crippen LogP contribution in [0.2, 0.25) is 0 Å². The fourth-order valence-corrected chi connectivity index (χ4v) is 5.03. The molecule has 2 fully saturated rings. The fraction of sp³-hybridized carbons (Fsp3) is 0.423. The van der Waals surface area contributed by atoms with Crippen molar-refractivity contribution in [3.63, 3.8) is 0 Å². The lowest BCUT2D eigenvalue weighted by atomic mass is 10.1. The van der Waals surface area contributed by atoms with E-state index < -0.39 is 0 Å². The van der Waals surface area contributed by atoms with E-state index in [2.05, 4.69) is 47.7 Å². The normalized spacial score (nSPS) is 16.4. The van der Waals surface area contributed by atoms with Crippen LogP contribution in [0.1, 0.15) is 32.1 Å². The summed E-state index contributed by atoms with van der Waals surface area (Å²) in [5, 5.41) is 16.3. The van der Waals surface area contributed by atoms with Crippen LogP contribution < -0.4 is 10.2 Å². The van der Waals surface area contributed by atoms with Crippen molar-refractivity contribution in [3.8, 4) is 11.1 Å². The van der Waals surface area contributed by atoms with Gasteiger partial charge in [0.1, 0.15) is 5.82 Å². The summed E-state index contributed by atoms with van der Waals surface area (Å²) < 4.78 is 2.03. The Morgan fingerprint density at radius 3 is 2.54 bits per heavy atom. The molecule has 2 aliphatic rings. The summed E-state index contributed by atoms with van der Waals surface area (Å²) in [6.45, 7) is 6.71. The van der Waals surface area contributed by atoms with Crippen molar-refractivity contribution >= 4 is 28.4 Å². The van der Waals surface area contributed by atoms with Gasteiger partial charge in [0, 0.05) is 49.2 Å². The maximum atomic E-state index is 4.80. The molecule has 0 amide bonds. The predicted molar refractivity (Wildman–Crippen MR) is 138 cm³/mol. The van der Waals surface area contributed by atoms with E-state index in [1.165, 1.54) is 38.8 Å². The van der Waals surface area contributed by atoms with Gasteiger partial charge in [-0.25, -0.2) is 4.98 Å². The first-order valence-corrected chi connectivity index (χ1v) is 12.7. The smallest absolute Gasteiger partial charge is 0.156 e. The summed E-state index contributed by atoms with van der Waals surface area (Å²) in [5.41, 5.74) is 4.86. The molecule has 0 radical (unpaired) electrons. The maximum absolute atomic E-state index is 4.80. The molecule has 0 saturated carbocycles. The van der Waals surface area contributed by atoms with Gasteiger partial charge in [-0.05, 0) is 69.9 Å². The lowest BCUT2D eigenvalue weighted by Gasteiger charge is -2.17. The number of likely N-dealkylation sites (tertiary alicyclic amines) is 1. The number of hydrogen-bond acceptors (Lipinski definition) is 8. The molecular weight excluding hydrogens is 438 g/mol. The van der Waals surface area contributed by atoms with Crippen LogP contribution in [0.5, 0.6) is 0 Å². The van der Waals surface area contributed by atoms with Crippen molar-refractivity contribution in [3.05, 3.63) is 49.1 Å². The van der Waals surface area contributed by atoms with Gasteiger partial charge in [-0.2, -0.15) is 10.2 Å². The molecule has 0 atom stereocenters. The molecule has 6 heterocycles. The van der Waals surface area contributed by atoms with Crippen molar-refractivity contribution in [1.29, 1.82) is 0 Å². The number of nitrogens with zero attached hydrogens (tertiary/aromatic N) is 8. The first-order chi connectivity index (χ1) is 17.3. The zero-order valence-electron chi connectivity index (χ0n) is 20.0. The zero-order chi connectivity index (χ0) is 23.5. The third-order valence-electron chi connectivity index (χ3n) is 6.93. The number of pyridine rings is 2. The molecule has 9 nitrogen and oxygen atoms in total. The van der Waals surface area contributed by atoms with Crippen molar-refractivity contribution < 1.29 is 0 Å². The highest BCUT2D eigenvalue weighted by molar-refractivity contribution is 5.81. The molecule has 6 rings (SSSR count). The van der Waals surface area contributed by atoms with Gasteiger partial charge < -0.3 is 15.1 Å². The Balaban J connectivity index is 1.15. The molecule has 35 heavy (non-hydrogen) atoms. The molecule has 0 spiro atoms. The molecule has 180 valence electrons. The standard InChI is InChI=1S/C26H31N9/c1-2-9-33(8-1)10-5-13-35-19-21(17-29-35)20-14-24-23(27-16-20)6-7-25(30-24)31-26-15-22(18-28-32-26)34-11-3-4-12-34/h6-7,14-19H,1-5,8-13H2,(H,30,31,32). The van der Waals surface area contributed by atoms with E-state index in [0.717, 1.165) is 66.3 Å². The number of rotatable bonds is 8. The van der Waals surface area contributed by atoms with Crippen LogP contribution in [0.4, 0.5) is 17.3 Å². The number of aromatic nitrogens is 6. The number of fused-ring (bicyclic) bond motifs is 1. The van der Waals surface area contributed by atoms with Gasteiger partial charge in [-0.1, -0.05) is 0 Å². The second-order valence-electron chi connectivity index (χ2n) is 9.47. The SMILES string of the molecule is c1nc2ccc(Nc3cc(N4CCCC4)cnn3)nc2cc1-c1cnn(CCCN2CCCC2)c1. The van der Waals surface area contributed by atoms with E-state index in [-0.39, 0.29) is 0 Å². The highest BCUT2D eigenvalue weighted by Crippen LogP contribution is 2.25. The predicted octanol–water partition coefficient (Wildman–Crippen LogP) is 4.11. The molecule has 0 bridgehead atoms. The largest absolute Gasteiger partial charge is 0.370 e. The van der Waals surface area contributed by atoms with Gasteiger partial charge in [-0.15, -0.1) is 5.10 Å². The zero-order valence-corrected chi connectivity index (χ0v) is 20.0. The van der Waals surface area contributed by atoms with Crippen LogP contribution in [-0.2, 0) is 6.54 Å². The molecule has 4 aromatic heterocycles. The van der Waals surface area contributed by atoms with E-state index >= 15 is 0 Å². The van der Waals surface area contributed by atoms with Gasteiger partial charge in [-0.3, -0.25) is 9.67 Å². The molecular formula is C26H31N9. The van der Waals surface area contributed by atoms with Crippen LogP contribution in [0, 0.1) is 0 Å². The quantitative estimate of drug-likeness (QED) is 0.412. The Hall–Kier alpha value is -3.59. The highest BCUT2D eigenvalue weighted by Gasteiger charge is 2.14. The van der Waals surface area contributed by atoms with Crippen molar-refractivity contribution in [2.75, 3.05) is 42.9 Å². The summed E-state index contributed by atoms with van der Waals surface area (Å²) in [6.07, 6.45) is 14.0. The summed E-state index contributed by atoms with van der Waals surface area (Å²) in [4.78, 5) is 14.3. The highest BCUT2D eigenvalue weighted by atomic mass is 15.3. The molecule has 0 aromatic carbocycles. The Bertz CT molecular complexity index is 1290.